The molecule has 1 amide bonds. The summed E-state index contributed by atoms with van der Waals surface area (Å²) in [6.07, 6.45) is 0. The van der Waals surface area contributed by atoms with E-state index in [1.165, 1.54) is 12.1 Å². The summed E-state index contributed by atoms with van der Waals surface area (Å²) in [5.74, 6) is -0.449. The number of hydrogen-bond acceptors (Lipinski definition) is 2. The fraction of sp³-hybridized carbons (Fsp3) is 0.417. The second-order valence-corrected chi connectivity index (χ2v) is 4.02. The van der Waals surface area contributed by atoms with E-state index >= 15 is 0 Å². The van der Waals surface area contributed by atoms with Gasteiger partial charge in [0.15, 0.2) is 0 Å². The number of rotatable bonds is 4. The van der Waals surface area contributed by atoms with Crippen LogP contribution >= 0.6 is 0 Å². The van der Waals surface area contributed by atoms with Crippen LogP contribution in [0.2, 0.25) is 0 Å². The molecule has 0 atom stereocenters. The number of aryl methyl sites for hydroxylation is 1. The molecule has 0 aliphatic rings. The van der Waals surface area contributed by atoms with Crippen LogP contribution in [0, 0.1) is 12.7 Å². The van der Waals surface area contributed by atoms with Gasteiger partial charge in [0.25, 0.3) is 5.91 Å². The smallest absolute Gasteiger partial charge is 0.251 e. The lowest BCUT2D eigenvalue weighted by molar-refractivity contribution is 0.0951. The molecule has 0 aliphatic heterocycles. The fourth-order valence-corrected chi connectivity index (χ4v) is 1.28. The zero-order valence-corrected chi connectivity index (χ0v) is 9.88. The van der Waals surface area contributed by atoms with Gasteiger partial charge in [0.1, 0.15) is 5.82 Å². The highest BCUT2D eigenvalue weighted by Crippen LogP contribution is 2.08. The van der Waals surface area contributed by atoms with Gasteiger partial charge in [-0.15, -0.1) is 0 Å². The zero-order valence-electron chi connectivity index (χ0n) is 9.88. The van der Waals surface area contributed by atoms with Crippen LogP contribution in [0.5, 0.6) is 0 Å². The monoisotopic (exact) mass is 224 g/mol. The molecule has 1 aromatic carbocycles. The topological polar surface area (TPSA) is 32.3 Å². The Bertz CT molecular complexity index is 377. The van der Waals surface area contributed by atoms with E-state index < -0.39 is 0 Å². The molecule has 0 fully saturated rings. The summed E-state index contributed by atoms with van der Waals surface area (Å²) in [6.45, 7) is 3.01. The molecule has 4 heteroatoms. The molecule has 3 nitrogen and oxygen atoms in total. The van der Waals surface area contributed by atoms with Gasteiger partial charge >= 0.3 is 0 Å². The Morgan fingerprint density at radius 3 is 2.69 bits per heavy atom. The van der Waals surface area contributed by atoms with Crippen molar-refractivity contribution in [2.45, 2.75) is 6.92 Å². The number of likely N-dealkylation sites (N-methyl/N-ethyl adjacent to an activating group) is 1. The number of carbonyl (C=O) groups excluding carboxylic acids is 1. The van der Waals surface area contributed by atoms with Gasteiger partial charge in [0, 0.05) is 18.7 Å². The minimum atomic E-state index is -0.287. The molecule has 0 heterocycles. The Hall–Kier alpha value is -1.42. The third kappa shape index (κ3) is 3.62. The highest BCUT2D eigenvalue weighted by atomic mass is 19.1. The molecular formula is C12H17FN2O. The zero-order chi connectivity index (χ0) is 12.1. The molecule has 1 aromatic rings. The maximum absolute atomic E-state index is 13.0. The summed E-state index contributed by atoms with van der Waals surface area (Å²) in [5.41, 5.74) is 0.984. The SMILES string of the molecule is Cc1cc(C(=O)NCCN(C)C)ccc1F. The second kappa shape index (κ2) is 5.61. The minimum Gasteiger partial charge on any atom is -0.351 e. The Morgan fingerprint density at radius 1 is 1.44 bits per heavy atom. The van der Waals surface area contributed by atoms with Crippen LogP contribution in [-0.4, -0.2) is 38.0 Å². The number of halogens is 1. The van der Waals surface area contributed by atoms with E-state index in [-0.39, 0.29) is 11.7 Å². The quantitative estimate of drug-likeness (QED) is 0.839. The summed E-state index contributed by atoms with van der Waals surface area (Å²) >= 11 is 0. The lowest BCUT2D eigenvalue weighted by Crippen LogP contribution is -2.31. The lowest BCUT2D eigenvalue weighted by atomic mass is 10.1. The van der Waals surface area contributed by atoms with Gasteiger partial charge in [0.05, 0.1) is 0 Å². The minimum absolute atomic E-state index is 0.162. The number of amides is 1. The number of hydrogen-bond donors (Lipinski definition) is 1. The first-order chi connectivity index (χ1) is 7.50. The molecule has 0 spiro atoms. The Kier molecular flexibility index (Phi) is 4.43. The molecule has 0 bridgehead atoms. The summed E-state index contributed by atoms with van der Waals surface area (Å²) in [5, 5.41) is 2.77. The van der Waals surface area contributed by atoms with Crippen molar-refractivity contribution in [3.63, 3.8) is 0 Å². The molecule has 0 aromatic heterocycles. The normalized spacial score (nSPS) is 10.6. The fourth-order valence-electron chi connectivity index (χ4n) is 1.28. The molecule has 0 saturated carbocycles. The van der Waals surface area contributed by atoms with Gasteiger partial charge in [-0.05, 0) is 44.8 Å². The first kappa shape index (κ1) is 12.6. The molecule has 16 heavy (non-hydrogen) atoms. The van der Waals surface area contributed by atoms with Gasteiger partial charge in [0.2, 0.25) is 0 Å². The van der Waals surface area contributed by atoms with Crippen LogP contribution in [0.15, 0.2) is 18.2 Å². The number of nitrogens with one attached hydrogen (secondary N) is 1. The van der Waals surface area contributed by atoms with E-state index in [0.29, 0.717) is 17.7 Å². The van der Waals surface area contributed by atoms with Crippen LogP contribution < -0.4 is 5.32 Å². The van der Waals surface area contributed by atoms with E-state index in [0.717, 1.165) is 6.54 Å². The largest absolute Gasteiger partial charge is 0.351 e. The predicted molar refractivity (Wildman–Crippen MR) is 62.0 cm³/mol. The van der Waals surface area contributed by atoms with Crippen molar-refractivity contribution < 1.29 is 9.18 Å². The number of carbonyl (C=O) groups is 1. The third-order valence-electron chi connectivity index (χ3n) is 2.26. The summed E-state index contributed by atoms with van der Waals surface area (Å²) in [4.78, 5) is 13.6. The van der Waals surface area contributed by atoms with E-state index in [4.69, 9.17) is 0 Å². The number of benzene rings is 1. The van der Waals surface area contributed by atoms with Gasteiger partial charge < -0.3 is 10.2 Å². The van der Waals surface area contributed by atoms with Crippen molar-refractivity contribution in [1.29, 1.82) is 0 Å². The standard InChI is InChI=1S/C12H17FN2O/c1-9-8-10(4-5-11(9)13)12(16)14-6-7-15(2)3/h4-5,8H,6-7H2,1-3H3,(H,14,16). The van der Waals surface area contributed by atoms with E-state index in [1.807, 2.05) is 19.0 Å². The first-order valence-corrected chi connectivity index (χ1v) is 5.20. The highest BCUT2D eigenvalue weighted by molar-refractivity contribution is 5.94. The van der Waals surface area contributed by atoms with Crippen LogP contribution in [0.1, 0.15) is 15.9 Å². The molecule has 1 rings (SSSR count). The number of nitrogens with zero attached hydrogens (tertiary/aromatic N) is 1. The Balaban J connectivity index is 2.56. The van der Waals surface area contributed by atoms with E-state index in [9.17, 15) is 9.18 Å². The van der Waals surface area contributed by atoms with Crippen molar-refractivity contribution in [1.82, 2.24) is 10.2 Å². The molecular weight excluding hydrogens is 207 g/mol. The average Bonchev–Trinajstić information content (AvgIpc) is 2.21. The van der Waals surface area contributed by atoms with Gasteiger partial charge in [-0.3, -0.25) is 4.79 Å². The van der Waals surface area contributed by atoms with Crippen molar-refractivity contribution in [3.8, 4) is 0 Å². The molecule has 0 unspecified atom stereocenters. The van der Waals surface area contributed by atoms with Crippen molar-refractivity contribution in [2.24, 2.45) is 0 Å². The second-order valence-electron chi connectivity index (χ2n) is 4.02. The van der Waals surface area contributed by atoms with E-state index in [1.54, 1.807) is 13.0 Å². The van der Waals surface area contributed by atoms with Crippen molar-refractivity contribution >= 4 is 5.91 Å². The molecule has 0 saturated heterocycles. The molecule has 0 aliphatic carbocycles. The molecule has 88 valence electrons. The Labute approximate surface area is 95.3 Å². The van der Waals surface area contributed by atoms with Gasteiger partial charge in [-0.1, -0.05) is 0 Å². The summed E-state index contributed by atoms with van der Waals surface area (Å²) in [7, 11) is 3.88. The van der Waals surface area contributed by atoms with Crippen LogP contribution in [0.3, 0.4) is 0 Å². The van der Waals surface area contributed by atoms with Crippen LogP contribution in [0.25, 0.3) is 0 Å². The first-order valence-electron chi connectivity index (χ1n) is 5.20. The van der Waals surface area contributed by atoms with Gasteiger partial charge in [-0.2, -0.15) is 0 Å². The van der Waals surface area contributed by atoms with Gasteiger partial charge in [-0.25, -0.2) is 4.39 Å². The van der Waals surface area contributed by atoms with Crippen LogP contribution in [0.4, 0.5) is 4.39 Å². The summed E-state index contributed by atoms with van der Waals surface area (Å²) < 4.78 is 13.0. The molecule has 1 N–H and O–H groups in total. The van der Waals surface area contributed by atoms with Crippen LogP contribution in [-0.2, 0) is 0 Å². The average molecular weight is 224 g/mol. The van der Waals surface area contributed by atoms with Crippen molar-refractivity contribution in [2.75, 3.05) is 27.2 Å². The summed E-state index contributed by atoms with van der Waals surface area (Å²) in [6, 6.07) is 4.36. The van der Waals surface area contributed by atoms with E-state index in [2.05, 4.69) is 5.32 Å². The third-order valence-corrected chi connectivity index (χ3v) is 2.26. The predicted octanol–water partition coefficient (Wildman–Crippen LogP) is 1.43. The Morgan fingerprint density at radius 2 is 2.12 bits per heavy atom. The lowest BCUT2D eigenvalue weighted by Gasteiger charge is -2.10. The van der Waals surface area contributed by atoms with Crippen molar-refractivity contribution in [3.05, 3.63) is 35.1 Å². The highest BCUT2D eigenvalue weighted by Gasteiger charge is 2.06. The maximum Gasteiger partial charge on any atom is 0.251 e. The maximum atomic E-state index is 13.0. The molecule has 0 radical (unpaired) electrons.